The van der Waals surface area contributed by atoms with Crippen molar-refractivity contribution in [2.45, 2.75) is 36.6 Å². The third kappa shape index (κ3) is 6.02. The molecule has 3 rings (SSSR count). The lowest BCUT2D eigenvalue weighted by atomic mass is 10.1. The number of ether oxygens (including phenoxy) is 1. The predicted octanol–water partition coefficient (Wildman–Crippen LogP) is 4.45. The second-order valence-electron chi connectivity index (χ2n) is 6.00. The van der Waals surface area contributed by atoms with Crippen LogP contribution in [0.25, 0.3) is 10.8 Å². The van der Waals surface area contributed by atoms with Crippen molar-refractivity contribution >= 4 is 31.8 Å². The van der Waals surface area contributed by atoms with Gasteiger partial charge < -0.3 is 9.29 Å². The first-order chi connectivity index (χ1) is 12.6. The van der Waals surface area contributed by atoms with Crippen molar-refractivity contribution in [3.05, 3.63) is 36.4 Å². The van der Waals surface area contributed by atoms with Gasteiger partial charge in [0.1, 0.15) is 17.3 Å². The van der Waals surface area contributed by atoms with Crippen LogP contribution in [0.4, 0.5) is 13.2 Å². The Morgan fingerprint density at radius 3 is 2.33 bits per heavy atom. The van der Waals surface area contributed by atoms with E-state index in [-0.39, 0.29) is 0 Å². The molecule has 1 saturated heterocycles. The Kier molecular flexibility index (Phi) is 7.41. The summed E-state index contributed by atoms with van der Waals surface area (Å²) in [5, 5.41) is 2.75. The SMILES string of the molecule is CCCOc1ccc2c([S+]3CCCC3)cccc2c1.O=S(=O)([O-])C(F)(F)F. The van der Waals surface area contributed by atoms with Crippen LogP contribution in [0.5, 0.6) is 5.75 Å². The van der Waals surface area contributed by atoms with E-state index in [0.717, 1.165) is 18.8 Å². The molecule has 4 nitrogen and oxygen atoms in total. The van der Waals surface area contributed by atoms with Crippen LogP contribution in [0.1, 0.15) is 26.2 Å². The highest BCUT2D eigenvalue weighted by Gasteiger charge is 2.36. The minimum absolute atomic E-state index is 0.482. The van der Waals surface area contributed by atoms with Gasteiger partial charge in [0, 0.05) is 16.3 Å². The van der Waals surface area contributed by atoms with Crippen molar-refractivity contribution in [2.24, 2.45) is 0 Å². The molecule has 27 heavy (non-hydrogen) atoms. The van der Waals surface area contributed by atoms with E-state index < -0.39 is 15.6 Å². The van der Waals surface area contributed by atoms with E-state index in [1.54, 1.807) is 4.90 Å². The number of hydrogen-bond acceptors (Lipinski definition) is 4. The summed E-state index contributed by atoms with van der Waals surface area (Å²) in [5.74, 6) is 3.77. The molecular formula is C18H21F3O4S2. The molecule has 0 amide bonds. The van der Waals surface area contributed by atoms with E-state index >= 15 is 0 Å². The molecule has 0 N–H and O–H groups in total. The fraction of sp³-hybridized carbons (Fsp3) is 0.444. The minimum Gasteiger partial charge on any atom is -0.741 e. The Bertz CT molecular complexity index is 861. The van der Waals surface area contributed by atoms with Crippen LogP contribution in [0.3, 0.4) is 0 Å². The fourth-order valence-electron chi connectivity index (χ4n) is 2.67. The molecule has 0 radical (unpaired) electrons. The zero-order valence-corrected chi connectivity index (χ0v) is 16.4. The summed E-state index contributed by atoms with van der Waals surface area (Å²) in [5.41, 5.74) is -5.65. The van der Waals surface area contributed by atoms with E-state index in [0.29, 0.717) is 10.9 Å². The van der Waals surface area contributed by atoms with Gasteiger partial charge in [0.2, 0.25) is 0 Å². The van der Waals surface area contributed by atoms with Crippen LogP contribution < -0.4 is 4.74 Å². The van der Waals surface area contributed by atoms with Gasteiger partial charge in [-0.15, -0.1) is 0 Å². The lowest BCUT2D eigenvalue weighted by Crippen LogP contribution is -2.21. The van der Waals surface area contributed by atoms with Crippen LogP contribution >= 0.6 is 0 Å². The third-order valence-electron chi connectivity index (χ3n) is 3.91. The van der Waals surface area contributed by atoms with Gasteiger partial charge in [0.15, 0.2) is 15.0 Å². The summed E-state index contributed by atoms with van der Waals surface area (Å²) in [6, 6.07) is 13.3. The first kappa shape index (κ1) is 21.8. The average molecular weight is 422 g/mol. The van der Waals surface area contributed by atoms with Crippen molar-refractivity contribution in [1.29, 1.82) is 0 Å². The van der Waals surface area contributed by atoms with E-state index in [4.69, 9.17) is 17.7 Å². The highest BCUT2D eigenvalue weighted by Crippen LogP contribution is 2.31. The molecule has 2 aromatic carbocycles. The maximum absolute atomic E-state index is 10.7. The van der Waals surface area contributed by atoms with Gasteiger partial charge in [-0.2, -0.15) is 13.2 Å². The molecule has 1 aliphatic rings. The van der Waals surface area contributed by atoms with Gasteiger partial charge in [-0.05, 0) is 48.9 Å². The molecule has 0 aromatic heterocycles. The summed E-state index contributed by atoms with van der Waals surface area (Å²) in [4.78, 5) is 1.57. The molecule has 1 fully saturated rings. The van der Waals surface area contributed by atoms with Gasteiger partial charge in [-0.25, -0.2) is 8.42 Å². The molecule has 0 saturated carbocycles. The number of halogens is 3. The smallest absolute Gasteiger partial charge is 0.485 e. The Labute approximate surface area is 159 Å². The maximum atomic E-state index is 10.7. The highest BCUT2D eigenvalue weighted by molar-refractivity contribution is 7.97. The Balaban J connectivity index is 0.000000279. The highest BCUT2D eigenvalue weighted by atomic mass is 32.2. The third-order valence-corrected chi connectivity index (χ3v) is 7.02. The van der Waals surface area contributed by atoms with E-state index in [1.807, 2.05) is 0 Å². The Morgan fingerprint density at radius 2 is 1.78 bits per heavy atom. The molecule has 0 unspecified atom stereocenters. The van der Waals surface area contributed by atoms with Gasteiger partial charge in [-0.3, -0.25) is 0 Å². The number of hydrogen-bond donors (Lipinski definition) is 0. The van der Waals surface area contributed by atoms with Crippen LogP contribution in [-0.4, -0.2) is 36.6 Å². The molecule has 9 heteroatoms. The fourth-order valence-corrected chi connectivity index (χ4v) is 5.19. The summed E-state index contributed by atoms with van der Waals surface area (Å²) >= 11 is 0. The van der Waals surface area contributed by atoms with E-state index in [1.165, 1.54) is 35.1 Å². The van der Waals surface area contributed by atoms with Gasteiger partial charge in [0.25, 0.3) is 0 Å². The first-order valence-electron chi connectivity index (χ1n) is 8.48. The van der Waals surface area contributed by atoms with E-state index in [9.17, 15) is 13.2 Å². The normalized spacial score (nSPS) is 15.4. The van der Waals surface area contributed by atoms with Crippen LogP contribution in [-0.2, 0) is 21.0 Å². The molecule has 1 heterocycles. The largest absolute Gasteiger partial charge is 0.741 e. The van der Waals surface area contributed by atoms with Crippen molar-refractivity contribution in [3.8, 4) is 5.75 Å². The lowest BCUT2D eigenvalue weighted by molar-refractivity contribution is -0.0517. The second-order valence-corrected chi connectivity index (χ2v) is 9.61. The van der Waals surface area contributed by atoms with Crippen LogP contribution in [0, 0.1) is 0 Å². The van der Waals surface area contributed by atoms with E-state index in [2.05, 4.69) is 43.3 Å². The van der Waals surface area contributed by atoms with Crippen molar-refractivity contribution in [1.82, 2.24) is 0 Å². The zero-order valence-electron chi connectivity index (χ0n) is 14.8. The Hall–Kier alpha value is -1.45. The molecule has 0 bridgehead atoms. The topological polar surface area (TPSA) is 66.4 Å². The monoisotopic (exact) mass is 422 g/mol. The van der Waals surface area contributed by atoms with Gasteiger partial charge in [0.05, 0.1) is 6.61 Å². The second kappa shape index (κ2) is 9.16. The molecule has 0 spiro atoms. The lowest BCUT2D eigenvalue weighted by Gasteiger charge is -2.08. The van der Waals surface area contributed by atoms with Crippen LogP contribution in [0.15, 0.2) is 41.3 Å². The first-order valence-corrected chi connectivity index (χ1v) is 11.5. The molecule has 0 aliphatic carbocycles. The average Bonchev–Trinajstić information content (AvgIpc) is 3.12. The number of benzene rings is 2. The standard InChI is InChI=1S/C17H21OS.CHF3O3S/c1-2-10-18-15-8-9-16-14(13-15)6-5-7-17(16)19-11-3-4-12-19;2-1(3,4)8(5,6)7/h5-9,13H,2-4,10-12H2,1H3;(H,5,6,7)/q+1;/p-1. The summed E-state index contributed by atoms with van der Waals surface area (Å²) < 4.78 is 64.6. The van der Waals surface area contributed by atoms with Crippen molar-refractivity contribution in [3.63, 3.8) is 0 Å². The van der Waals surface area contributed by atoms with Crippen LogP contribution in [0.2, 0.25) is 0 Å². The quantitative estimate of drug-likeness (QED) is 0.415. The molecule has 150 valence electrons. The summed E-state index contributed by atoms with van der Waals surface area (Å²) in [6.07, 6.45) is 3.86. The van der Waals surface area contributed by atoms with Gasteiger partial charge >= 0.3 is 5.51 Å². The number of fused-ring (bicyclic) bond motifs is 1. The maximum Gasteiger partial charge on any atom is 0.485 e. The molecule has 1 aliphatic heterocycles. The molecule has 0 atom stereocenters. The minimum atomic E-state index is -6.09. The molecule has 2 aromatic rings. The summed E-state index contributed by atoms with van der Waals surface area (Å²) in [6.45, 7) is 2.94. The Morgan fingerprint density at radius 1 is 1.15 bits per heavy atom. The number of rotatable bonds is 4. The zero-order chi connectivity index (χ0) is 20.1. The number of alkyl halides is 3. The predicted molar refractivity (Wildman–Crippen MR) is 100 cm³/mol. The molecular weight excluding hydrogens is 401 g/mol. The van der Waals surface area contributed by atoms with Crippen molar-refractivity contribution < 1.29 is 30.9 Å². The van der Waals surface area contributed by atoms with Crippen molar-refractivity contribution in [2.75, 3.05) is 18.1 Å². The summed E-state index contributed by atoms with van der Waals surface area (Å²) in [7, 11) is -5.61. The van der Waals surface area contributed by atoms with Gasteiger partial charge in [-0.1, -0.05) is 19.1 Å².